The van der Waals surface area contributed by atoms with Crippen molar-refractivity contribution in [2.75, 3.05) is 19.6 Å². The third kappa shape index (κ3) is 5.82. The highest BCUT2D eigenvalue weighted by molar-refractivity contribution is 5.91. The number of β-amino-alcohol motifs (C(OH)–C–C–N with tert-alkyl or cyclic N) is 1. The van der Waals surface area contributed by atoms with Gasteiger partial charge in [0.1, 0.15) is 6.04 Å². The summed E-state index contributed by atoms with van der Waals surface area (Å²) in [4.78, 5) is 43.5. The quantitative estimate of drug-likeness (QED) is 0.557. The van der Waals surface area contributed by atoms with Crippen molar-refractivity contribution in [2.24, 2.45) is 10.8 Å². The van der Waals surface area contributed by atoms with Crippen molar-refractivity contribution in [3.63, 3.8) is 0 Å². The predicted octanol–water partition coefficient (Wildman–Crippen LogP) is 3.09. The van der Waals surface area contributed by atoms with E-state index in [1.54, 1.807) is 9.58 Å². The lowest BCUT2D eigenvalue weighted by Crippen LogP contribution is -2.47. The van der Waals surface area contributed by atoms with Crippen LogP contribution >= 0.6 is 0 Å². The number of amides is 2. The summed E-state index contributed by atoms with van der Waals surface area (Å²) < 4.78 is 1.65. The van der Waals surface area contributed by atoms with Crippen LogP contribution in [0.1, 0.15) is 104 Å². The molecule has 1 aromatic rings. The average molecular weight is 502 g/mol. The first-order valence-electron chi connectivity index (χ1n) is 13.6. The van der Waals surface area contributed by atoms with Gasteiger partial charge in [-0.1, -0.05) is 39.8 Å². The van der Waals surface area contributed by atoms with Crippen LogP contribution in [0.4, 0.5) is 0 Å². The van der Waals surface area contributed by atoms with Crippen molar-refractivity contribution in [3.05, 3.63) is 11.9 Å². The minimum atomic E-state index is -0.727. The van der Waals surface area contributed by atoms with Gasteiger partial charge < -0.3 is 14.9 Å². The lowest BCUT2D eigenvalue weighted by molar-refractivity contribution is -0.143. The van der Waals surface area contributed by atoms with E-state index in [2.05, 4.69) is 10.3 Å². The Bertz CT molecular complexity index is 971. The SMILES string of the molecule is CC(C)(CCCC(=O)[C@@H]1C[C@@H](O)CN1C(=O)[C@@H](n1cc(C2CC2)nn1)C(C)(C)C)C(=O)N1CCCC1. The smallest absolute Gasteiger partial charge is 0.248 e. The monoisotopic (exact) mass is 501 g/mol. The fourth-order valence-electron chi connectivity index (χ4n) is 5.71. The molecule has 0 unspecified atom stereocenters. The average Bonchev–Trinajstić information content (AvgIpc) is 3.17. The molecule has 2 amide bonds. The standard InChI is InChI=1S/C27H43N5O4/c1-26(2,3)23(32-17-20(28-29-32)18-10-11-18)24(35)31-16-19(33)15-21(31)22(34)9-8-12-27(4,5)25(36)30-13-6-7-14-30/h17-19,21,23,33H,6-16H2,1-5H3/t19-,21+,23-/m1/s1. The van der Waals surface area contributed by atoms with Crippen molar-refractivity contribution in [2.45, 2.75) is 110 Å². The second-order valence-corrected chi connectivity index (χ2v) is 12.8. The highest BCUT2D eigenvalue weighted by atomic mass is 16.3. The van der Waals surface area contributed by atoms with Gasteiger partial charge in [-0.2, -0.15) is 0 Å². The molecule has 0 bridgehead atoms. The van der Waals surface area contributed by atoms with Crippen molar-refractivity contribution < 1.29 is 19.5 Å². The summed E-state index contributed by atoms with van der Waals surface area (Å²) in [7, 11) is 0. The van der Waals surface area contributed by atoms with Crippen molar-refractivity contribution >= 4 is 17.6 Å². The van der Waals surface area contributed by atoms with Gasteiger partial charge in [0.15, 0.2) is 5.78 Å². The van der Waals surface area contributed by atoms with Crippen LogP contribution in [-0.4, -0.2) is 79.3 Å². The summed E-state index contributed by atoms with van der Waals surface area (Å²) in [5, 5.41) is 19.0. The number of hydrogen-bond acceptors (Lipinski definition) is 6. The normalized spacial score (nSPS) is 23.8. The van der Waals surface area contributed by atoms with Crippen LogP contribution in [0.25, 0.3) is 0 Å². The molecule has 3 aliphatic rings. The maximum absolute atomic E-state index is 13.8. The molecule has 2 aliphatic heterocycles. The van der Waals surface area contributed by atoms with Crippen LogP contribution < -0.4 is 0 Å². The molecular weight excluding hydrogens is 458 g/mol. The number of rotatable bonds is 9. The van der Waals surface area contributed by atoms with Crippen LogP contribution in [0.15, 0.2) is 6.20 Å². The molecule has 3 fully saturated rings. The van der Waals surface area contributed by atoms with E-state index in [9.17, 15) is 19.5 Å². The third-order valence-electron chi connectivity index (χ3n) is 7.97. The van der Waals surface area contributed by atoms with Gasteiger partial charge in [-0.3, -0.25) is 14.4 Å². The number of nitrogens with zero attached hydrogens (tertiary/aromatic N) is 5. The number of ketones is 1. The number of Topliss-reactive ketones (excluding diaryl/α,β-unsaturated/α-hetero) is 1. The number of aliphatic hydroxyl groups excluding tert-OH is 1. The number of carbonyl (C=O) groups is 3. The second kappa shape index (κ2) is 10.2. The van der Waals surface area contributed by atoms with Crippen LogP contribution in [-0.2, 0) is 14.4 Å². The van der Waals surface area contributed by atoms with Gasteiger partial charge in [0.2, 0.25) is 11.8 Å². The molecule has 0 aromatic carbocycles. The Morgan fingerprint density at radius 2 is 1.78 bits per heavy atom. The molecule has 9 nitrogen and oxygen atoms in total. The molecule has 1 aromatic heterocycles. The summed E-state index contributed by atoms with van der Waals surface area (Å²) in [6, 6.07) is -1.27. The van der Waals surface area contributed by atoms with Gasteiger partial charge in [-0.15, -0.1) is 5.10 Å². The van der Waals surface area contributed by atoms with E-state index >= 15 is 0 Å². The molecule has 1 aliphatic carbocycles. The van der Waals surface area contributed by atoms with Gasteiger partial charge in [0.05, 0.1) is 17.8 Å². The van der Waals surface area contributed by atoms with E-state index in [4.69, 9.17) is 0 Å². The van der Waals surface area contributed by atoms with Gasteiger partial charge in [-0.25, -0.2) is 4.68 Å². The highest BCUT2D eigenvalue weighted by Crippen LogP contribution is 2.40. The van der Waals surface area contributed by atoms with Crippen molar-refractivity contribution in [1.82, 2.24) is 24.8 Å². The Morgan fingerprint density at radius 1 is 1.11 bits per heavy atom. The van der Waals surface area contributed by atoms with Crippen LogP contribution in [0.5, 0.6) is 0 Å². The number of aromatic nitrogens is 3. The van der Waals surface area contributed by atoms with E-state index in [1.165, 1.54) is 0 Å². The fourth-order valence-corrected chi connectivity index (χ4v) is 5.71. The van der Waals surface area contributed by atoms with Crippen LogP contribution in [0, 0.1) is 10.8 Å². The number of likely N-dealkylation sites (tertiary alicyclic amines) is 2. The largest absolute Gasteiger partial charge is 0.391 e. The van der Waals surface area contributed by atoms with Gasteiger partial charge in [-0.05, 0) is 43.9 Å². The van der Waals surface area contributed by atoms with Crippen LogP contribution in [0.3, 0.4) is 0 Å². The first kappa shape index (κ1) is 26.8. The molecule has 0 radical (unpaired) electrons. The minimum Gasteiger partial charge on any atom is -0.391 e. The molecular formula is C27H43N5O4. The predicted molar refractivity (Wildman–Crippen MR) is 135 cm³/mol. The zero-order chi connectivity index (χ0) is 26.3. The lowest BCUT2D eigenvalue weighted by atomic mass is 9.84. The molecule has 1 N–H and O–H groups in total. The molecule has 200 valence electrons. The zero-order valence-electron chi connectivity index (χ0n) is 22.6. The topological polar surface area (TPSA) is 109 Å². The summed E-state index contributed by atoms with van der Waals surface area (Å²) in [5.41, 5.74) is -0.0525. The number of aliphatic hydroxyl groups is 1. The Kier molecular flexibility index (Phi) is 7.60. The molecule has 3 atom stereocenters. The maximum atomic E-state index is 13.8. The van der Waals surface area contributed by atoms with E-state index < -0.39 is 29.0 Å². The summed E-state index contributed by atoms with van der Waals surface area (Å²) in [6.07, 6.45) is 7.19. The van der Waals surface area contributed by atoms with Gasteiger partial charge in [0, 0.05) is 50.0 Å². The van der Waals surface area contributed by atoms with E-state index in [-0.39, 0.29) is 37.0 Å². The Labute approximate surface area is 214 Å². The lowest BCUT2D eigenvalue weighted by Gasteiger charge is -2.34. The second-order valence-electron chi connectivity index (χ2n) is 12.8. The minimum absolute atomic E-state index is 0.0470. The first-order valence-corrected chi connectivity index (χ1v) is 13.6. The Morgan fingerprint density at radius 3 is 2.39 bits per heavy atom. The van der Waals surface area contributed by atoms with E-state index in [0.717, 1.165) is 44.5 Å². The van der Waals surface area contributed by atoms with Crippen LogP contribution in [0.2, 0.25) is 0 Å². The molecule has 1 saturated carbocycles. The van der Waals surface area contributed by atoms with Gasteiger partial charge >= 0.3 is 0 Å². The third-order valence-corrected chi connectivity index (χ3v) is 7.97. The number of hydrogen-bond donors (Lipinski definition) is 1. The van der Waals surface area contributed by atoms with Crippen molar-refractivity contribution in [1.29, 1.82) is 0 Å². The summed E-state index contributed by atoms with van der Waals surface area (Å²) in [5.74, 6) is 0.342. The molecule has 2 saturated heterocycles. The first-order chi connectivity index (χ1) is 16.9. The maximum Gasteiger partial charge on any atom is 0.248 e. The number of carbonyl (C=O) groups excluding carboxylic acids is 3. The Hall–Kier alpha value is -2.29. The molecule has 4 rings (SSSR count). The zero-order valence-corrected chi connectivity index (χ0v) is 22.6. The van der Waals surface area contributed by atoms with Gasteiger partial charge in [0.25, 0.3) is 0 Å². The summed E-state index contributed by atoms with van der Waals surface area (Å²) >= 11 is 0. The molecule has 0 spiro atoms. The molecule has 3 heterocycles. The highest BCUT2D eigenvalue weighted by Gasteiger charge is 2.45. The van der Waals surface area contributed by atoms with E-state index in [0.29, 0.717) is 18.8 Å². The Balaban J connectivity index is 1.41. The van der Waals surface area contributed by atoms with Crippen molar-refractivity contribution in [3.8, 4) is 0 Å². The molecule has 9 heteroatoms. The molecule has 36 heavy (non-hydrogen) atoms. The van der Waals surface area contributed by atoms with E-state index in [1.807, 2.05) is 45.7 Å². The summed E-state index contributed by atoms with van der Waals surface area (Å²) in [6.45, 7) is 11.6. The fraction of sp³-hybridized carbons (Fsp3) is 0.815.